The largest absolute Gasteiger partial charge is 0.354 e. The van der Waals surface area contributed by atoms with E-state index in [9.17, 15) is 14.4 Å². The number of nitrogens with one attached hydrogen (secondary N) is 3. The first-order valence-electron chi connectivity index (χ1n) is 9.46. The molecule has 1 fully saturated rings. The summed E-state index contributed by atoms with van der Waals surface area (Å²) in [4.78, 5) is 37.5. The molecule has 1 saturated carbocycles. The van der Waals surface area contributed by atoms with Gasteiger partial charge < -0.3 is 16.0 Å². The minimum Gasteiger partial charge on any atom is -0.354 e. The van der Waals surface area contributed by atoms with E-state index < -0.39 is 11.8 Å². The normalized spacial score (nSPS) is 15.0. The number of para-hydroxylation sites is 1. The predicted molar refractivity (Wildman–Crippen MR) is 110 cm³/mol. The molecule has 148 valence electrons. The van der Waals surface area contributed by atoms with Crippen LogP contribution in [0.15, 0.2) is 41.8 Å². The van der Waals surface area contributed by atoms with Crippen LogP contribution in [-0.4, -0.2) is 30.8 Å². The monoisotopic (exact) mass is 399 g/mol. The molecule has 1 aliphatic carbocycles. The van der Waals surface area contributed by atoms with Gasteiger partial charge in [0.15, 0.2) is 0 Å². The zero-order chi connectivity index (χ0) is 20.0. The molecule has 1 aromatic heterocycles. The van der Waals surface area contributed by atoms with E-state index >= 15 is 0 Å². The maximum Gasteiger partial charge on any atom is 0.313 e. The number of thiophene rings is 1. The van der Waals surface area contributed by atoms with Gasteiger partial charge in [-0.05, 0) is 42.8 Å². The molecule has 0 saturated heterocycles. The Balaban J connectivity index is 1.47. The molecule has 0 atom stereocenters. The van der Waals surface area contributed by atoms with Crippen molar-refractivity contribution in [2.75, 3.05) is 18.4 Å². The van der Waals surface area contributed by atoms with Gasteiger partial charge >= 0.3 is 11.8 Å². The molecule has 2 aromatic rings. The summed E-state index contributed by atoms with van der Waals surface area (Å²) in [6, 6.07) is 11.4. The second-order valence-corrected chi connectivity index (χ2v) is 8.14. The molecule has 7 heteroatoms. The van der Waals surface area contributed by atoms with Gasteiger partial charge in [0, 0.05) is 22.5 Å². The summed E-state index contributed by atoms with van der Waals surface area (Å²) in [5.74, 6) is -1.90. The van der Waals surface area contributed by atoms with Gasteiger partial charge in [0.05, 0.1) is 6.54 Å². The molecule has 3 N–H and O–H groups in total. The van der Waals surface area contributed by atoms with Gasteiger partial charge in [-0.2, -0.15) is 0 Å². The Morgan fingerprint density at radius 1 is 1.00 bits per heavy atom. The number of hydrogen-bond acceptors (Lipinski definition) is 4. The maximum absolute atomic E-state index is 12.2. The lowest BCUT2D eigenvalue weighted by Gasteiger charge is -2.28. The standard InChI is InChI=1S/C21H25N3O3S/c1-15-7-2-3-8-16(15)24-20(27)19(26)22-13-18(25)23-14-21(10-4-5-11-21)17-9-6-12-28-17/h2-3,6-9,12H,4-5,10-11,13-14H2,1H3,(H,22,26)(H,23,25)(H,24,27). The predicted octanol–water partition coefficient (Wildman–Crippen LogP) is 2.74. The maximum atomic E-state index is 12.2. The molecule has 0 bridgehead atoms. The number of anilines is 1. The molecule has 0 unspecified atom stereocenters. The van der Waals surface area contributed by atoms with E-state index in [2.05, 4.69) is 27.4 Å². The number of benzene rings is 1. The molecule has 1 heterocycles. The van der Waals surface area contributed by atoms with Crippen molar-refractivity contribution in [3.63, 3.8) is 0 Å². The van der Waals surface area contributed by atoms with Crippen LogP contribution in [0.1, 0.15) is 36.1 Å². The SMILES string of the molecule is Cc1ccccc1NC(=O)C(=O)NCC(=O)NCC1(c2cccs2)CCCC1. The Morgan fingerprint density at radius 3 is 2.43 bits per heavy atom. The van der Waals surface area contributed by atoms with Crippen LogP contribution in [0.5, 0.6) is 0 Å². The summed E-state index contributed by atoms with van der Waals surface area (Å²) in [6.07, 6.45) is 4.42. The number of amides is 3. The first-order chi connectivity index (χ1) is 13.5. The third-order valence-corrected chi connectivity index (χ3v) is 6.35. The van der Waals surface area contributed by atoms with Crippen LogP contribution in [0, 0.1) is 6.92 Å². The van der Waals surface area contributed by atoms with Crippen LogP contribution in [0.2, 0.25) is 0 Å². The van der Waals surface area contributed by atoms with Crippen LogP contribution in [0.3, 0.4) is 0 Å². The summed E-state index contributed by atoms with van der Waals surface area (Å²) in [6.45, 7) is 2.17. The Bertz CT molecular complexity index is 842. The van der Waals surface area contributed by atoms with E-state index in [1.54, 1.807) is 23.5 Å². The third kappa shape index (κ3) is 4.78. The van der Waals surface area contributed by atoms with E-state index in [0.717, 1.165) is 31.2 Å². The van der Waals surface area contributed by atoms with Gasteiger partial charge in [0.1, 0.15) is 0 Å². The van der Waals surface area contributed by atoms with E-state index in [1.165, 1.54) is 4.88 Å². The molecule has 28 heavy (non-hydrogen) atoms. The number of carbonyl (C=O) groups excluding carboxylic acids is 3. The summed E-state index contributed by atoms with van der Waals surface area (Å²) in [5, 5.41) is 9.93. The van der Waals surface area contributed by atoms with Crippen LogP contribution < -0.4 is 16.0 Å². The minimum absolute atomic E-state index is 0.00392. The summed E-state index contributed by atoms with van der Waals surface area (Å²) >= 11 is 1.72. The molecule has 0 radical (unpaired) electrons. The molecule has 6 nitrogen and oxygen atoms in total. The van der Waals surface area contributed by atoms with Crippen molar-refractivity contribution in [3.05, 3.63) is 52.2 Å². The molecular formula is C21H25N3O3S. The molecule has 1 aromatic carbocycles. The van der Waals surface area contributed by atoms with Crippen LogP contribution >= 0.6 is 11.3 Å². The molecule has 0 aliphatic heterocycles. The van der Waals surface area contributed by atoms with Crippen LogP contribution in [0.25, 0.3) is 0 Å². The van der Waals surface area contributed by atoms with Crippen molar-refractivity contribution in [2.24, 2.45) is 0 Å². The van der Waals surface area contributed by atoms with Gasteiger partial charge in [-0.3, -0.25) is 14.4 Å². The van der Waals surface area contributed by atoms with Gasteiger partial charge in [-0.25, -0.2) is 0 Å². The molecule has 1 aliphatic rings. The van der Waals surface area contributed by atoms with Crippen molar-refractivity contribution >= 4 is 34.7 Å². The fraction of sp³-hybridized carbons (Fsp3) is 0.381. The van der Waals surface area contributed by atoms with Crippen molar-refractivity contribution < 1.29 is 14.4 Å². The number of rotatable bonds is 6. The first-order valence-corrected chi connectivity index (χ1v) is 10.3. The van der Waals surface area contributed by atoms with Crippen molar-refractivity contribution in [3.8, 4) is 0 Å². The lowest BCUT2D eigenvalue weighted by Crippen LogP contribution is -2.45. The van der Waals surface area contributed by atoms with Gasteiger partial charge in [0.25, 0.3) is 0 Å². The van der Waals surface area contributed by atoms with E-state index in [-0.39, 0.29) is 17.9 Å². The number of hydrogen-bond donors (Lipinski definition) is 3. The Labute approximate surface area is 168 Å². The lowest BCUT2D eigenvalue weighted by atomic mass is 9.84. The summed E-state index contributed by atoms with van der Waals surface area (Å²) < 4.78 is 0. The molecule has 3 rings (SSSR count). The second kappa shape index (κ2) is 9.01. The topological polar surface area (TPSA) is 87.3 Å². The lowest BCUT2D eigenvalue weighted by molar-refractivity contribution is -0.136. The van der Waals surface area contributed by atoms with Gasteiger partial charge in [-0.15, -0.1) is 11.3 Å². The Hall–Kier alpha value is -2.67. The Kier molecular flexibility index (Phi) is 6.46. The zero-order valence-corrected chi connectivity index (χ0v) is 16.7. The fourth-order valence-corrected chi connectivity index (χ4v) is 4.59. The van der Waals surface area contributed by atoms with E-state index in [1.807, 2.05) is 25.1 Å². The Morgan fingerprint density at radius 2 is 1.75 bits per heavy atom. The molecule has 3 amide bonds. The second-order valence-electron chi connectivity index (χ2n) is 7.19. The van der Waals surface area contributed by atoms with Crippen molar-refractivity contribution in [1.82, 2.24) is 10.6 Å². The average Bonchev–Trinajstić information content (AvgIpc) is 3.38. The van der Waals surface area contributed by atoms with E-state index in [4.69, 9.17) is 0 Å². The first kappa shape index (κ1) is 20.1. The third-order valence-electron chi connectivity index (χ3n) is 5.24. The highest BCUT2D eigenvalue weighted by Crippen LogP contribution is 2.42. The van der Waals surface area contributed by atoms with Gasteiger partial charge in [-0.1, -0.05) is 37.1 Å². The van der Waals surface area contributed by atoms with E-state index in [0.29, 0.717) is 12.2 Å². The highest BCUT2D eigenvalue weighted by Gasteiger charge is 2.36. The summed E-state index contributed by atoms with van der Waals surface area (Å²) in [5.41, 5.74) is 1.43. The quantitative estimate of drug-likeness (QED) is 0.653. The van der Waals surface area contributed by atoms with Crippen LogP contribution in [0.4, 0.5) is 5.69 Å². The van der Waals surface area contributed by atoms with Crippen molar-refractivity contribution in [1.29, 1.82) is 0 Å². The smallest absolute Gasteiger partial charge is 0.313 e. The van der Waals surface area contributed by atoms with Crippen molar-refractivity contribution in [2.45, 2.75) is 38.0 Å². The highest BCUT2D eigenvalue weighted by molar-refractivity contribution is 7.10. The van der Waals surface area contributed by atoms with Gasteiger partial charge in [0.2, 0.25) is 5.91 Å². The zero-order valence-electron chi connectivity index (χ0n) is 15.9. The number of carbonyl (C=O) groups is 3. The minimum atomic E-state index is -0.827. The highest BCUT2D eigenvalue weighted by atomic mass is 32.1. The molecular weight excluding hydrogens is 374 g/mol. The number of aryl methyl sites for hydroxylation is 1. The molecule has 0 spiro atoms. The fourth-order valence-electron chi connectivity index (χ4n) is 3.61. The summed E-state index contributed by atoms with van der Waals surface area (Å²) in [7, 11) is 0. The van der Waals surface area contributed by atoms with Crippen LogP contribution in [-0.2, 0) is 19.8 Å². The average molecular weight is 400 g/mol.